The quantitative estimate of drug-likeness (QED) is 0.167. The lowest BCUT2D eigenvalue weighted by Gasteiger charge is -2.23. The second-order valence-electron chi connectivity index (χ2n) is 9.03. The number of fused-ring (bicyclic) bond motifs is 1. The van der Waals surface area contributed by atoms with Gasteiger partial charge >= 0.3 is 13.8 Å². The van der Waals surface area contributed by atoms with Gasteiger partial charge < -0.3 is 25.6 Å². The highest BCUT2D eigenvalue weighted by atomic mass is 31.2. The molecule has 6 N–H and O–H groups in total. The van der Waals surface area contributed by atoms with Crippen molar-refractivity contribution in [3.63, 3.8) is 0 Å². The smallest absolute Gasteiger partial charge is 0.481 e. The monoisotopic (exact) mass is 571 g/mol. The Morgan fingerprint density at radius 1 is 0.875 bits per heavy atom. The topological polar surface area (TPSA) is 191 Å². The summed E-state index contributed by atoms with van der Waals surface area (Å²) in [7, 11) is -4.74. The summed E-state index contributed by atoms with van der Waals surface area (Å²) >= 11 is 0. The van der Waals surface area contributed by atoms with Crippen LogP contribution in [0, 0.1) is 0 Å². The molecule has 3 aromatic carbocycles. The second-order valence-corrected chi connectivity index (χ2v) is 10.2. The Kier molecular flexibility index (Phi) is 10.4. The van der Waals surface area contributed by atoms with Crippen LogP contribution in [-0.2, 0) is 36.7 Å². The number of amides is 3. The summed E-state index contributed by atoms with van der Waals surface area (Å²) in [4.78, 5) is 67.1. The van der Waals surface area contributed by atoms with Crippen molar-refractivity contribution < 1.29 is 43.2 Å². The van der Waals surface area contributed by atoms with E-state index in [4.69, 9.17) is 14.9 Å². The summed E-state index contributed by atoms with van der Waals surface area (Å²) in [5.74, 6) is -3.03. The molecule has 13 heteroatoms. The van der Waals surface area contributed by atoms with E-state index in [9.17, 15) is 23.7 Å². The summed E-state index contributed by atoms with van der Waals surface area (Å²) in [6.07, 6.45) is -0.576. The van der Waals surface area contributed by atoms with Gasteiger partial charge in [0.2, 0.25) is 17.7 Å². The van der Waals surface area contributed by atoms with Gasteiger partial charge in [-0.05, 0) is 40.5 Å². The molecule has 3 aromatic rings. The highest BCUT2D eigenvalue weighted by Crippen LogP contribution is 2.37. The molecule has 2 atom stereocenters. The minimum atomic E-state index is -4.74. The SMILES string of the molecule is CC(=O)N[C@@H](Cc1ccc(OP(=O)(O)O)cc1)C(=O)N[C@@H](CCC(=O)O)C(=O)NCc1cccc2ccccc12. The third-order valence-electron chi connectivity index (χ3n) is 5.89. The Morgan fingerprint density at radius 2 is 1.55 bits per heavy atom. The van der Waals surface area contributed by atoms with E-state index in [0.29, 0.717) is 5.56 Å². The molecule has 0 aliphatic heterocycles. The maximum absolute atomic E-state index is 13.2. The van der Waals surface area contributed by atoms with E-state index in [1.165, 1.54) is 31.2 Å². The fraction of sp³-hybridized carbons (Fsp3) is 0.259. The fourth-order valence-electron chi connectivity index (χ4n) is 4.08. The maximum Gasteiger partial charge on any atom is 0.524 e. The number of carboxylic acid groups (broad SMARTS) is 1. The molecule has 0 unspecified atom stereocenters. The standard InChI is InChI=1S/C27H30N3O9P/c1-17(31)29-24(15-18-9-11-21(12-10-18)39-40(36,37)38)27(35)30-23(13-14-25(32)33)26(34)28-16-20-7-4-6-19-5-2-3-8-22(19)20/h2-12,23-24H,13-16H2,1H3,(H,28,34)(H,29,31)(H,30,35)(H,32,33)(H2,36,37,38)/t23-,24-/m0/s1. The van der Waals surface area contributed by atoms with Crippen LogP contribution in [0.1, 0.15) is 30.9 Å². The number of aliphatic carboxylic acids is 1. The van der Waals surface area contributed by atoms with Crippen molar-refractivity contribution in [3.8, 4) is 5.75 Å². The first-order valence-corrected chi connectivity index (χ1v) is 13.8. The number of benzene rings is 3. The van der Waals surface area contributed by atoms with Gasteiger partial charge in [0.05, 0.1) is 0 Å². The molecule has 0 saturated heterocycles. The molecule has 0 bridgehead atoms. The van der Waals surface area contributed by atoms with E-state index in [1.807, 2.05) is 42.5 Å². The molecular weight excluding hydrogens is 541 g/mol. The third kappa shape index (κ3) is 9.49. The van der Waals surface area contributed by atoms with Crippen LogP contribution in [0.15, 0.2) is 66.7 Å². The number of hydrogen-bond acceptors (Lipinski definition) is 6. The largest absolute Gasteiger partial charge is 0.524 e. The fourth-order valence-corrected chi connectivity index (χ4v) is 4.47. The first-order chi connectivity index (χ1) is 18.9. The van der Waals surface area contributed by atoms with E-state index < -0.39 is 43.6 Å². The molecule has 0 aliphatic carbocycles. The number of carbonyl (C=O) groups excluding carboxylic acids is 3. The van der Waals surface area contributed by atoms with Crippen LogP contribution in [0.5, 0.6) is 5.75 Å². The molecule has 0 aromatic heterocycles. The van der Waals surface area contributed by atoms with E-state index in [1.54, 1.807) is 0 Å². The van der Waals surface area contributed by atoms with Gasteiger partial charge in [0.1, 0.15) is 17.8 Å². The van der Waals surface area contributed by atoms with Gasteiger partial charge in [-0.3, -0.25) is 29.0 Å². The summed E-state index contributed by atoms with van der Waals surface area (Å²) in [5.41, 5.74) is 1.37. The minimum absolute atomic E-state index is 0.0229. The van der Waals surface area contributed by atoms with Crippen molar-refractivity contribution in [2.24, 2.45) is 0 Å². The molecule has 0 heterocycles. The molecule has 0 aliphatic rings. The van der Waals surface area contributed by atoms with Crippen molar-refractivity contribution in [1.29, 1.82) is 0 Å². The normalized spacial score (nSPS) is 12.7. The van der Waals surface area contributed by atoms with Crippen LogP contribution in [0.25, 0.3) is 10.8 Å². The van der Waals surface area contributed by atoms with Crippen molar-refractivity contribution in [2.75, 3.05) is 0 Å². The highest BCUT2D eigenvalue weighted by Gasteiger charge is 2.27. The van der Waals surface area contributed by atoms with Crippen molar-refractivity contribution >= 4 is 42.3 Å². The van der Waals surface area contributed by atoms with E-state index >= 15 is 0 Å². The number of rotatable bonds is 13. The molecule has 40 heavy (non-hydrogen) atoms. The van der Waals surface area contributed by atoms with E-state index in [2.05, 4.69) is 20.5 Å². The lowest BCUT2D eigenvalue weighted by atomic mass is 10.0. The average molecular weight is 572 g/mol. The van der Waals surface area contributed by atoms with Gasteiger partial charge in [-0.2, -0.15) is 0 Å². The molecule has 0 spiro atoms. The summed E-state index contributed by atoms with van der Waals surface area (Å²) in [5, 5.41) is 18.9. The molecule has 0 saturated carbocycles. The van der Waals surface area contributed by atoms with Gasteiger partial charge in [0.25, 0.3) is 0 Å². The Morgan fingerprint density at radius 3 is 2.20 bits per heavy atom. The van der Waals surface area contributed by atoms with Gasteiger partial charge in [-0.25, -0.2) is 4.57 Å². The maximum atomic E-state index is 13.2. The van der Waals surface area contributed by atoms with Gasteiger partial charge in [-0.15, -0.1) is 0 Å². The first kappa shape index (κ1) is 30.3. The molecule has 0 fully saturated rings. The Labute approximate surface area is 230 Å². The van der Waals surface area contributed by atoms with E-state index in [0.717, 1.165) is 16.3 Å². The number of hydrogen-bond donors (Lipinski definition) is 6. The number of phosphoric ester groups is 1. The molecular formula is C27H30N3O9P. The van der Waals surface area contributed by atoms with Gasteiger partial charge in [-0.1, -0.05) is 54.6 Å². The molecule has 212 valence electrons. The van der Waals surface area contributed by atoms with Crippen molar-refractivity contribution in [2.45, 2.75) is 44.8 Å². The van der Waals surface area contributed by atoms with Crippen molar-refractivity contribution in [3.05, 3.63) is 77.9 Å². The lowest BCUT2D eigenvalue weighted by molar-refractivity contribution is -0.138. The molecule has 0 radical (unpaired) electrons. The Hall–Kier alpha value is -4.25. The zero-order chi connectivity index (χ0) is 29.3. The number of carboxylic acids is 1. The highest BCUT2D eigenvalue weighted by molar-refractivity contribution is 7.46. The average Bonchev–Trinajstić information content (AvgIpc) is 2.89. The van der Waals surface area contributed by atoms with E-state index in [-0.39, 0.29) is 31.6 Å². The van der Waals surface area contributed by atoms with Crippen molar-refractivity contribution in [1.82, 2.24) is 16.0 Å². The number of phosphoric acid groups is 1. The molecule has 12 nitrogen and oxygen atoms in total. The van der Waals surface area contributed by atoms with Crippen LogP contribution >= 0.6 is 7.82 Å². The zero-order valence-electron chi connectivity index (χ0n) is 21.6. The zero-order valence-corrected chi connectivity index (χ0v) is 22.5. The predicted molar refractivity (Wildman–Crippen MR) is 145 cm³/mol. The number of nitrogens with one attached hydrogen (secondary N) is 3. The Bertz CT molecular complexity index is 1420. The van der Waals surface area contributed by atoms with Gasteiger partial charge in [0, 0.05) is 26.3 Å². The summed E-state index contributed by atoms with van der Waals surface area (Å²) in [6, 6.07) is 16.5. The van der Waals surface area contributed by atoms with Crippen LogP contribution in [0.3, 0.4) is 0 Å². The summed E-state index contributed by atoms with van der Waals surface area (Å²) < 4.78 is 15.5. The van der Waals surface area contributed by atoms with Crippen LogP contribution in [-0.4, -0.2) is 50.7 Å². The molecule has 3 amide bonds. The third-order valence-corrected chi connectivity index (χ3v) is 6.34. The lowest BCUT2D eigenvalue weighted by Crippen LogP contribution is -2.54. The van der Waals surface area contributed by atoms with Crippen LogP contribution < -0.4 is 20.5 Å². The first-order valence-electron chi connectivity index (χ1n) is 12.3. The molecule has 3 rings (SSSR count). The predicted octanol–water partition coefficient (Wildman–Crippen LogP) is 2.02. The minimum Gasteiger partial charge on any atom is -0.481 e. The van der Waals surface area contributed by atoms with Crippen LogP contribution in [0.4, 0.5) is 0 Å². The van der Waals surface area contributed by atoms with Crippen LogP contribution in [0.2, 0.25) is 0 Å². The summed E-state index contributed by atoms with van der Waals surface area (Å²) in [6.45, 7) is 1.37. The number of carbonyl (C=O) groups is 4. The Balaban J connectivity index is 1.72. The van der Waals surface area contributed by atoms with Gasteiger partial charge in [0.15, 0.2) is 0 Å². The second kappa shape index (κ2) is 13.7.